The molecule has 0 spiro atoms. The molecule has 0 fully saturated rings. The third-order valence-corrected chi connectivity index (χ3v) is 7.34. The van der Waals surface area contributed by atoms with Gasteiger partial charge in [-0.25, -0.2) is 8.42 Å². The fourth-order valence-corrected chi connectivity index (χ4v) is 4.89. The van der Waals surface area contributed by atoms with E-state index in [1.54, 1.807) is 19.1 Å². The number of rotatable bonds is 8. The molecule has 0 aliphatic heterocycles. The Bertz CT molecular complexity index is 1300. The number of sulfonamides is 1. The maximum absolute atomic E-state index is 13.4. The SMILES string of the molecule is CCOc1ccc(N(CC(=O)Nc2cc(C(F)(F)F)ccc2Cl)S(=O)(=O)c2ccc(Br)cc2)cc1. The van der Waals surface area contributed by atoms with Crippen LogP contribution in [-0.4, -0.2) is 27.5 Å². The van der Waals surface area contributed by atoms with Crippen molar-refractivity contribution in [3.8, 4) is 5.75 Å². The molecule has 1 N–H and O–H groups in total. The summed E-state index contributed by atoms with van der Waals surface area (Å²) < 4.78 is 72.9. The number of carbonyl (C=O) groups is 1. The molecule has 0 aliphatic rings. The van der Waals surface area contributed by atoms with Crippen LogP contribution in [0.2, 0.25) is 5.02 Å². The van der Waals surface area contributed by atoms with Crippen molar-refractivity contribution in [2.75, 3.05) is 22.8 Å². The molecule has 0 atom stereocenters. The van der Waals surface area contributed by atoms with Gasteiger partial charge in [-0.2, -0.15) is 13.2 Å². The highest BCUT2D eigenvalue weighted by Gasteiger charge is 2.32. The maximum Gasteiger partial charge on any atom is 0.416 e. The van der Waals surface area contributed by atoms with Gasteiger partial charge in [0.1, 0.15) is 12.3 Å². The Morgan fingerprint density at radius 2 is 1.69 bits per heavy atom. The van der Waals surface area contributed by atoms with Gasteiger partial charge in [0.2, 0.25) is 5.91 Å². The number of alkyl halides is 3. The van der Waals surface area contributed by atoms with Crippen molar-refractivity contribution in [1.29, 1.82) is 0 Å². The van der Waals surface area contributed by atoms with Crippen LogP contribution < -0.4 is 14.4 Å². The fourth-order valence-electron chi connectivity index (χ4n) is 3.04. The second-order valence-electron chi connectivity index (χ2n) is 7.13. The number of amides is 1. The van der Waals surface area contributed by atoms with Gasteiger partial charge in [-0.05, 0) is 73.7 Å². The first kappa shape index (κ1) is 26.8. The maximum atomic E-state index is 13.4. The summed E-state index contributed by atoms with van der Waals surface area (Å²) in [6.45, 7) is 1.47. The molecular formula is C23H19BrClF3N2O4S. The summed E-state index contributed by atoms with van der Waals surface area (Å²) in [7, 11) is -4.23. The van der Waals surface area contributed by atoms with E-state index in [0.29, 0.717) is 22.9 Å². The van der Waals surface area contributed by atoms with Gasteiger partial charge < -0.3 is 10.1 Å². The van der Waals surface area contributed by atoms with Crippen molar-refractivity contribution >= 4 is 54.8 Å². The average molecular weight is 592 g/mol. The Labute approximate surface area is 213 Å². The summed E-state index contributed by atoms with van der Waals surface area (Å²) >= 11 is 9.20. The molecule has 0 saturated carbocycles. The summed E-state index contributed by atoms with van der Waals surface area (Å²) in [5.74, 6) is -0.391. The Kier molecular flexibility index (Phi) is 8.34. The van der Waals surface area contributed by atoms with Crippen LogP contribution in [0.1, 0.15) is 12.5 Å². The molecule has 3 rings (SSSR count). The molecular weight excluding hydrogens is 573 g/mol. The van der Waals surface area contributed by atoms with Gasteiger partial charge in [0.25, 0.3) is 10.0 Å². The zero-order valence-electron chi connectivity index (χ0n) is 18.1. The first-order valence-corrected chi connectivity index (χ1v) is 12.7. The minimum atomic E-state index is -4.65. The van der Waals surface area contributed by atoms with E-state index in [1.165, 1.54) is 36.4 Å². The lowest BCUT2D eigenvalue weighted by atomic mass is 10.2. The molecule has 186 valence electrons. The number of benzene rings is 3. The summed E-state index contributed by atoms with van der Waals surface area (Å²) in [6.07, 6.45) is -4.65. The number of hydrogen-bond donors (Lipinski definition) is 1. The quantitative estimate of drug-likeness (QED) is 0.331. The van der Waals surface area contributed by atoms with Crippen molar-refractivity contribution in [2.45, 2.75) is 18.0 Å². The lowest BCUT2D eigenvalue weighted by Crippen LogP contribution is -2.38. The molecule has 12 heteroatoms. The van der Waals surface area contributed by atoms with E-state index in [4.69, 9.17) is 16.3 Å². The second kappa shape index (κ2) is 10.9. The molecule has 0 bridgehead atoms. The van der Waals surface area contributed by atoms with Gasteiger partial charge in [0.05, 0.1) is 33.5 Å². The minimum absolute atomic E-state index is 0.0838. The molecule has 0 unspecified atom stereocenters. The predicted molar refractivity (Wildman–Crippen MR) is 131 cm³/mol. The van der Waals surface area contributed by atoms with Gasteiger partial charge in [-0.1, -0.05) is 27.5 Å². The molecule has 0 saturated heterocycles. The van der Waals surface area contributed by atoms with Gasteiger partial charge in [-0.15, -0.1) is 0 Å². The van der Waals surface area contributed by atoms with Crippen molar-refractivity contribution in [2.24, 2.45) is 0 Å². The lowest BCUT2D eigenvalue weighted by Gasteiger charge is -2.24. The van der Waals surface area contributed by atoms with Gasteiger partial charge in [-0.3, -0.25) is 9.10 Å². The Hall–Kier alpha value is -2.76. The van der Waals surface area contributed by atoms with Crippen LogP contribution in [0.3, 0.4) is 0 Å². The Morgan fingerprint density at radius 1 is 1.06 bits per heavy atom. The van der Waals surface area contributed by atoms with Crippen LogP contribution >= 0.6 is 27.5 Å². The first-order valence-electron chi connectivity index (χ1n) is 10.1. The zero-order chi connectivity index (χ0) is 25.8. The normalized spacial score (nSPS) is 11.7. The molecule has 6 nitrogen and oxygen atoms in total. The van der Waals surface area contributed by atoms with Crippen molar-refractivity contribution in [1.82, 2.24) is 0 Å². The summed E-state index contributed by atoms with van der Waals surface area (Å²) in [5, 5.41) is 2.15. The predicted octanol–water partition coefficient (Wildman–Crippen LogP) is 6.35. The fraction of sp³-hybridized carbons (Fsp3) is 0.174. The van der Waals surface area contributed by atoms with E-state index in [1.807, 2.05) is 0 Å². The second-order valence-corrected chi connectivity index (χ2v) is 10.3. The van der Waals surface area contributed by atoms with Crippen LogP contribution in [0.15, 0.2) is 76.1 Å². The molecule has 0 aliphatic carbocycles. The number of carbonyl (C=O) groups excluding carboxylic acids is 1. The monoisotopic (exact) mass is 590 g/mol. The van der Waals surface area contributed by atoms with Crippen LogP contribution in [0.5, 0.6) is 5.75 Å². The van der Waals surface area contributed by atoms with Crippen molar-refractivity contribution in [3.63, 3.8) is 0 Å². The Morgan fingerprint density at radius 3 is 2.26 bits per heavy atom. The van der Waals surface area contributed by atoms with Gasteiger partial charge in [0, 0.05) is 4.47 Å². The largest absolute Gasteiger partial charge is 0.494 e. The van der Waals surface area contributed by atoms with E-state index < -0.39 is 34.2 Å². The molecule has 0 aromatic heterocycles. The molecule has 3 aromatic carbocycles. The van der Waals surface area contributed by atoms with Gasteiger partial charge >= 0.3 is 6.18 Å². The number of anilines is 2. The van der Waals surface area contributed by atoms with Gasteiger partial charge in [0.15, 0.2) is 0 Å². The average Bonchev–Trinajstić information content (AvgIpc) is 2.79. The number of hydrogen-bond acceptors (Lipinski definition) is 4. The zero-order valence-corrected chi connectivity index (χ0v) is 21.3. The van der Waals surface area contributed by atoms with Crippen molar-refractivity contribution < 1.29 is 31.1 Å². The summed E-state index contributed by atoms with van der Waals surface area (Å²) in [6, 6.07) is 14.3. The highest BCUT2D eigenvalue weighted by atomic mass is 79.9. The highest BCUT2D eigenvalue weighted by Crippen LogP contribution is 2.34. The van der Waals surface area contributed by atoms with Crippen LogP contribution in [0, 0.1) is 0 Å². The first-order chi connectivity index (χ1) is 16.4. The molecule has 3 aromatic rings. The Balaban J connectivity index is 1.95. The smallest absolute Gasteiger partial charge is 0.416 e. The molecule has 0 heterocycles. The topological polar surface area (TPSA) is 75.7 Å². The van der Waals surface area contributed by atoms with Crippen molar-refractivity contribution in [3.05, 3.63) is 81.8 Å². The standard InChI is InChI=1S/C23H19BrClF3N2O4S/c1-2-34-18-8-6-17(7-9-18)30(35(32,33)19-10-4-16(24)5-11-19)14-22(31)29-21-13-15(23(26,27)28)3-12-20(21)25/h3-13H,2,14H2,1H3,(H,29,31). The third-order valence-electron chi connectivity index (χ3n) is 4.69. The van der Waals surface area contributed by atoms with Crippen LogP contribution in [0.4, 0.5) is 24.5 Å². The summed E-state index contributed by atoms with van der Waals surface area (Å²) in [4.78, 5) is 12.7. The van der Waals surface area contributed by atoms with E-state index in [0.717, 1.165) is 16.4 Å². The van der Waals surface area contributed by atoms with Crippen LogP contribution in [0.25, 0.3) is 0 Å². The van der Waals surface area contributed by atoms with Crippen LogP contribution in [-0.2, 0) is 21.0 Å². The molecule has 35 heavy (non-hydrogen) atoms. The lowest BCUT2D eigenvalue weighted by molar-refractivity contribution is -0.137. The molecule has 0 radical (unpaired) electrons. The highest BCUT2D eigenvalue weighted by molar-refractivity contribution is 9.10. The molecule has 1 amide bonds. The number of nitrogens with zero attached hydrogens (tertiary/aromatic N) is 1. The minimum Gasteiger partial charge on any atom is -0.494 e. The number of ether oxygens (including phenoxy) is 1. The number of nitrogens with one attached hydrogen (secondary N) is 1. The third kappa shape index (κ3) is 6.68. The van der Waals surface area contributed by atoms with E-state index in [2.05, 4.69) is 21.2 Å². The van der Waals surface area contributed by atoms with E-state index >= 15 is 0 Å². The number of halogens is 5. The van der Waals surface area contributed by atoms with E-state index in [9.17, 15) is 26.4 Å². The van der Waals surface area contributed by atoms with E-state index in [-0.39, 0.29) is 21.3 Å². The summed E-state index contributed by atoms with van der Waals surface area (Å²) in [5.41, 5.74) is -1.15.